The highest BCUT2D eigenvalue weighted by Gasteiger charge is 2.36. The molecule has 1 aliphatic heterocycles. The van der Waals surface area contributed by atoms with E-state index in [1.165, 1.54) is 22.5 Å². The van der Waals surface area contributed by atoms with Crippen LogP contribution in [0.25, 0.3) is 0 Å². The lowest BCUT2D eigenvalue weighted by Gasteiger charge is -2.34. The number of benzene rings is 1. The first-order chi connectivity index (χ1) is 10.9. The van der Waals surface area contributed by atoms with E-state index < -0.39 is 15.8 Å². The lowest BCUT2D eigenvalue weighted by molar-refractivity contribution is 0.258. The van der Waals surface area contributed by atoms with Crippen molar-refractivity contribution >= 4 is 22.4 Å². The predicted octanol–water partition coefficient (Wildman–Crippen LogP) is 1.62. The van der Waals surface area contributed by atoms with Crippen LogP contribution in [0.4, 0.5) is 4.39 Å². The summed E-state index contributed by atoms with van der Waals surface area (Å²) >= 11 is 0. The van der Waals surface area contributed by atoms with Crippen LogP contribution in [0, 0.1) is 12.7 Å². The number of imidazole rings is 1. The van der Waals surface area contributed by atoms with Crippen LogP contribution in [0.5, 0.6) is 0 Å². The van der Waals surface area contributed by atoms with Gasteiger partial charge in [0.1, 0.15) is 11.6 Å². The zero-order chi connectivity index (χ0) is 16.6. The van der Waals surface area contributed by atoms with E-state index in [0.717, 1.165) is 0 Å². The summed E-state index contributed by atoms with van der Waals surface area (Å²) in [7, 11) is -1.88. The number of halogens is 2. The Morgan fingerprint density at radius 2 is 2.12 bits per heavy atom. The number of rotatable bonds is 3. The molecule has 1 saturated heterocycles. The average molecular weight is 375 g/mol. The Labute approximate surface area is 147 Å². The molecule has 132 valence electrons. The Hall–Kier alpha value is -1.48. The molecule has 1 aromatic carbocycles. The van der Waals surface area contributed by atoms with Crippen molar-refractivity contribution in [2.45, 2.75) is 17.9 Å². The average Bonchev–Trinajstić information content (AvgIpc) is 2.96. The number of hydrogen-bond donors (Lipinski definition) is 1. The minimum Gasteiger partial charge on any atom is -0.337 e. The van der Waals surface area contributed by atoms with Crippen molar-refractivity contribution in [3.63, 3.8) is 0 Å². The summed E-state index contributed by atoms with van der Waals surface area (Å²) in [5.74, 6) is 0.268. The first-order valence-electron chi connectivity index (χ1n) is 7.37. The molecule has 0 aliphatic carbocycles. The summed E-state index contributed by atoms with van der Waals surface area (Å²) in [6, 6.07) is 3.50. The third kappa shape index (κ3) is 3.32. The maximum absolute atomic E-state index is 13.5. The van der Waals surface area contributed by atoms with E-state index in [1.54, 1.807) is 19.3 Å². The molecule has 0 amide bonds. The van der Waals surface area contributed by atoms with Gasteiger partial charge >= 0.3 is 0 Å². The number of aromatic nitrogens is 2. The molecule has 1 N–H and O–H groups in total. The van der Waals surface area contributed by atoms with Crippen LogP contribution in [-0.4, -0.2) is 41.9 Å². The molecule has 2 aromatic rings. The molecule has 24 heavy (non-hydrogen) atoms. The Balaban J connectivity index is 0.00000208. The number of aryl methyl sites for hydroxylation is 2. The smallest absolute Gasteiger partial charge is 0.243 e. The van der Waals surface area contributed by atoms with Gasteiger partial charge in [0.05, 0.1) is 10.9 Å². The third-order valence-electron chi connectivity index (χ3n) is 4.09. The fourth-order valence-electron chi connectivity index (χ4n) is 2.80. The number of sulfonamides is 1. The molecule has 1 aromatic heterocycles. The molecule has 1 aliphatic rings. The normalized spacial score (nSPS) is 19.0. The Bertz CT molecular complexity index is 825. The molecule has 1 atom stereocenters. The van der Waals surface area contributed by atoms with Crippen LogP contribution in [0.15, 0.2) is 35.5 Å². The summed E-state index contributed by atoms with van der Waals surface area (Å²) < 4.78 is 42.7. The quantitative estimate of drug-likeness (QED) is 0.886. The number of nitrogens with zero attached hydrogens (tertiary/aromatic N) is 3. The summed E-state index contributed by atoms with van der Waals surface area (Å²) in [4.78, 5) is 4.39. The van der Waals surface area contributed by atoms with Gasteiger partial charge in [-0.15, -0.1) is 12.4 Å². The van der Waals surface area contributed by atoms with E-state index in [4.69, 9.17) is 0 Å². The second kappa shape index (κ2) is 7.18. The van der Waals surface area contributed by atoms with Gasteiger partial charge in [0.25, 0.3) is 0 Å². The lowest BCUT2D eigenvalue weighted by atomic mass is 10.2. The highest BCUT2D eigenvalue weighted by Crippen LogP contribution is 2.28. The molecule has 3 rings (SSSR count). The Kier molecular flexibility index (Phi) is 5.64. The lowest BCUT2D eigenvalue weighted by Crippen LogP contribution is -2.49. The minimum absolute atomic E-state index is 0. The molecule has 6 nitrogen and oxygen atoms in total. The summed E-state index contributed by atoms with van der Waals surface area (Å²) in [5, 5.41) is 3.20. The molecule has 1 fully saturated rings. The van der Waals surface area contributed by atoms with Gasteiger partial charge in [-0.05, 0) is 30.7 Å². The van der Waals surface area contributed by atoms with Crippen molar-refractivity contribution in [3.05, 3.63) is 47.8 Å². The van der Waals surface area contributed by atoms with Crippen LogP contribution >= 0.6 is 12.4 Å². The SMILES string of the molecule is Cc1cc(S(=O)(=O)N2CCNCC2c2nccn2C)ccc1F.Cl. The van der Waals surface area contributed by atoms with E-state index in [9.17, 15) is 12.8 Å². The van der Waals surface area contributed by atoms with Gasteiger partial charge in [0.2, 0.25) is 10.0 Å². The van der Waals surface area contributed by atoms with E-state index in [2.05, 4.69) is 10.3 Å². The molecule has 1 unspecified atom stereocenters. The van der Waals surface area contributed by atoms with Gasteiger partial charge in [0, 0.05) is 39.1 Å². The fraction of sp³-hybridized carbons (Fsp3) is 0.400. The number of nitrogens with one attached hydrogen (secondary N) is 1. The minimum atomic E-state index is -3.72. The predicted molar refractivity (Wildman–Crippen MR) is 91.1 cm³/mol. The standard InChI is InChI=1S/C15H19FN4O2S.ClH/c1-11-9-12(3-4-13(11)16)23(21,22)20-8-5-17-10-14(20)15-18-6-7-19(15)2;/h3-4,6-7,9,14,17H,5,8,10H2,1-2H3;1H. The summed E-state index contributed by atoms with van der Waals surface area (Å²) in [5.41, 5.74) is 0.315. The summed E-state index contributed by atoms with van der Waals surface area (Å²) in [6.45, 7) is 2.96. The third-order valence-corrected chi connectivity index (χ3v) is 5.99. The van der Waals surface area contributed by atoms with E-state index >= 15 is 0 Å². The first-order valence-corrected chi connectivity index (χ1v) is 8.81. The Morgan fingerprint density at radius 1 is 1.38 bits per heavy atom. The van der Waals surface area contributed by atoms with Crippen LogP contribution in [0.2, 0.25) is 0 Å². The molecule has 0 radical (unpaired) electrons. The van der Waals surface area contributed by atoms with E-state index in [0.29, 0.717) is 31.0 Å². The van der Waals surface area contributed by atoms with Gasteiger partial charge in [-0.2, -0.15) is 4.31 Å². The van der Waals surface area contributed by atoms with Crippen molar-refractivity contribution in [2.75, 3.05) is 19.6 Å². The molecule has 9 heteroatoms. The molecular weight excluding hydrogens is 355 g/mol. The maximum Gasteiger partial charge on any atom is 0.243 e. The molecule has 0 spiro atoms. The molecule has 0 bridgehead atoms. The zero-order valence-corrected chi connectivity index (χ0v) is 15.1. The second-order valence-corrected chi connectivity index (χ2v) is 7.53. The monoisotopic (exact) mass is 374 g/mol. The molecule has 2 heterocycles. The van der Waals surface area contributed by atoms with Crippen LogP contribution < -0.4 is 5.32 Å². The fourth-order valence-corrected chi connectivity index (χ4v) is 4.48. The van der Waals surface area contributed by atoms with Gasteiger partial charge in [-0.25, -0.2) is 17.8 Å². The molecular formula is C15H20ClFN4O2S. The maximum atomic E-state index is 13.5. The second-order valence-electron chi connectivity index (χ2n) is 5.64. The van der Waals surface area contributed by atoms with Crippen molar-refractivity contribution in [2.24, 2.45) is 7.05 Å². The van der Waals surface area contributed by atoms with E-state index in [-0.39, 0.29) is 23.3 Å². The van der Waals surface area contributed by atoms with Gasteiger partial charge in [-0.1, -0.05) is 0 Å². The molecule has 0 saturated carbocycles. The van der Waals surface area contributed by atoms with Gasteiger partial charge in [0.15, 0.2) is 0 Å². The van der Waals surface area contributed by atoms with Crippen molar-refractivity contribution in [1.82, 2.24) is 19.2 Å². The van der Waals surface area contributed by atoms with Crippen LogP contribution in [0.1, 0.15) is 17.4 Å². The van der Waals surface area contributed by atoms with Crippen molar-refractivity contribution in [1.29, 1.82) is 0 Å². The van der Waals surface area contributed by atoms with Crippen LogP contribution in [-0.2, 0) is 17.1 Å². The van der Waals surface area contributed by atoms with Crippen molar-refractivity contribution < 1.29 is 12.8 Å². The highest BCUT2D eigenvalue weighted by molar-refractivity contribution is 7.89. The topological polar surface area (TPSA) is 67.2 Å². The first kappa shape index (κ1) is 18.9. The number of hydrogen-bond acceptors (Lipinski definition) is 4. The van der Waals surface area contributed by atoms with E-state index in [1.807, 2.05) is 11.6 Å². The highest BCUT2D eigenvalue weighted by atomic mass is 35.5. The van der Waals surface area contributed by atoms with Gasteiger partial charge in [-0.3, -0.25) is 0 Å². The summed E-state index contributed by atoms with van der Waals surface area (Å²) in [6.07, 6.45) is 3.44. The zero-order valence-electron chi connectivity index (χ0n) is 13.4. The largest absolute Gasteiger partial charge is 0.337 e. The van der Waals surface area contributed by atoms with Gasteiger partial charge < -0.3 is 9.88 Å². The Morgan fingerprint density at radius 3 is 2.75 bits per heavy atom. The number of piperazine rings is 1. The van der Waals surface area contributed by atoms with Crippen LogP contribution in [0.3, 0.4) is 0 Å². The van der Waals surface area contributed by atoms with Crippen molar-refractivity contribution in [3.8, 4) is 0 Å².